The van der Waals surface area contributed by atoms with Crippen LogP contribution in [-0.2, 0) is 0 Å². The maximum Gasteiger partial charge on any atom is 0.125 e. The van der Waals surface area contributed by atoms with Crippen molar-refractivity contribution in [2.45, 2.75) is 31.6 Å². The molecule has 0 unspecified atom stereocenters. The Labute approximate surface area is 100 Å². The predicted molar refractivity (Wildman–Crippen MR) is 66.9 cm³/mol. The van der Waals surface area contributed by atoms with Crippen molar-refractivity contribution in [1.82, 2.24) is 10.2 Å². The Morgan fingerprint density at radius 3 is 2.71 bits per heavy atom. The minimum atomic E-state index is 0.289. The third kappa shape index (κ3) is 1.93. The van der Waals surface area contributed by atoms with E-state index in [4.69, 9.17) is 0 Å². The van der Waals surface area contributed by atoms with E-state index in [9.17, 15) is 5.11 Å². The van der Waals surface area contributed by atoms with Crippen LogP contribution in [-0.4, -0.2) is 15.3 Å². The lowest BCUT2D eigenvalue weighted by Gasteiger charge is -2.03. The van der Waals surface area contributed by atoms with Gasteiger partial charge < -0.3 is 5.11 Å². The lowest BCUT2D eigenvalue weighted by Crippen LogP contribution is -1.91. The highest BCUT2D eigenvalue weighted by molar-refractivity contribution is 5.66. The van der Waals surface area contributed by atoms with E-state index in [1.807, 2.05) is 18.2 Å². The third-order valence-corrected chi connectivity index (χ3v) is 3.57. The number of aromatic amines is 1. The lowest BCUT2D eigenvalue weighted by atomic mass is 10.0. The molecular weight excluding hydrogens is 212 g/mol. The van der Waals surface area contributed by atoms with Crippen molar-refractivity contribution in [2.24, 2.45) is 0 Å². The number of nitrogens with zero attached hydrogens (tertiary/aromatic N) is 1. The molecule has 1 aromatic heterocycles. The quantitative estimate of drug-likeness (QED) is 0.827. The zero-order valence-corrected chi connectivity index (χ0v) is 9.69. The predicted octanol–water partition coefficient (Wildman–Crippen LogP) is 3.44. The van der Waals surface area contributed by atoms with Gasteiger partial charge in [-0.2, -0.15) is 5.10 Å². The second-order valence-electron chi connectivity index (χ2n) is 4.71. The number of aromatic nitrogens is 2. The van der Waals surface area contributed by atoms with Crippen LogP contribution in [0.15, 0.2) is 30.3 Å². The lowest BCUT2D eigenvalue weighted by molar-refractivity contribution is 0.477. The first-order valence-corrected chi connectivity index (χ1v) is 6.18. The molecule has 2 N–H and O–H groups in total. The third-order valence-electron chi connectivity index (χ3n) is 3.57. The molecule has 0 radical (unpaired) electrons. The number of hydrogen-bond acceptors (Lipinski definition) is 2. The number of hydrogen-bond donors (Lipinski definition) is 2. The molecule has 0 aliphatic heterocycles. The molecule has 3 rings (SSSR count). The van der Waals surface area contributed by atoms with E-state index in [0.29, 0.717) is 5.92 Å². The van der Waals surface area contributed by atoms with Crippen molar-refractivity contribution >= 4 is 0 Å². The number of phenols is 1. The number of para-hydroxylation sites is 1. The molecule has 1 aliphatic rings. The van der Waals surface area contributed by atoms with Gasteiger partial charge in [0.25, 0.3) is 0 Å². The van der Waals surface area contributed by atoms with Gasteiger partial charge in [-0.05, 0) is 31.0 Å². The van der Waals surface area contributed by atoms with Crippen LogP contribution in [0.5, 0.6) is 5.75 Å². The molecule has 1 saturated carbocycles. The largest absolute Gasteiger partial charge is 0.507 e. The summed E-state index contributed by atoms with van der Waals surface area (Å²) >= 11 is 0. The van der Waals surface area contributed by atoms with Crippen molar-refractivity contribution in [2.75, 3.05) is 0 Å². The molecule has 0 saturated heterocycles. The molecule has 0 amide bonds. The van der Waals surface area contributed by atoms with E-state index >= 15 is 0 Å². The SMILES string of the molecule is Oc1ccccc1-c1cc(C2CCCC2)[nH]n1. The van der Waals surface area contributed by atoms with Crippen molar-refractivity contribution < 1.29 is 5.11 Å². The van der Waals surface area contributed by atoms with Gasteiger partial charge >= 0.3 is 0 Å². The first kappa shape index (κ1) is 10.4. The second-order valence-corrected chi connectivity index (χ2v) is 4.71. The number of rotatable bonds is 2. The van der Waals surface area contributed by atoms with E-state index in [0.717, 1.165) is 11.3 Å². The number of nitrogens with one attached hydrogen (secondary N) is 1. The standard InChI is InChI=1S/C14H16N2O/c17-14-8-4-3-7-11(14)13-9-12(15-16-13)10-5-1-2-6-10/h3-4,7-10,17H,1-2,5-6H2,(H,15,16). The van der Waals surface area contributed by atoms with E-state index in [2.05, 4.69) is 16.3 Å². The minimum Gasteiger partial charge on any atom is -0.507 e. The van der Waals surface area contributed by atoms with E-state index < -0.39 is 0 Å². The summed E-state index contributed by atoms with van der Waals surface area (Å²) in [4.78, 5) is 0. The number of aromatic hydroxyl groups is 1. The van der Waals surface area contributed by atoms with Crippen LogP contribution in [0.25, 0.3) is 11.3 Å². The number of phenolic OH excluding ortho intramolecular Hbond substituents is 1. The Balaban J connectivity index is 1.92. The van der Waals surface area contributed by atoms with Gasteiger partial charge in [0, 0.05) is 17.2 Å². The molecule has 0 atom stereocenters. The molecule has 0 bridgehead atoms. The molecular formula is C14H16N2O. The normalized spacial score (nSPS) is 16.5. The smallest absolute Gasteiger partial charge is 0.125 e. The Bertz CT molecular complexity index is 512. The van der Waals surface area contributed by atoms with Crippen LogP contribution >= 0.6 is 0 Å². The van der Waals surface area contributed by atoms with Crippen LogP contribution in [0, 0.1) is 0 Å². The summed E-state index contributed by atoms with van der Waals surface area (Å²) in [5.41, 5.74) is 2.85. The second kappa shape index (κ2) is 4.24. The molecule has 3 heteroatoms. The van der Waals surface area contributed by atoms with Gasteiger partial charge in [-0.1, -0.05) is 25.0 Å². The molecule has 88 valence electrons. The fourth-order valence-corrected chi connectivity index (χ4v) is 2.61. The van der Waals surface area contributed by atoms with E-state index in [1.165, 1.54) is 31.4 Å². The zero-order valence-electron chi connectivity index (χ0n) is 9.69. The topological polar surface area (TPSA) is 48.9 Å². The van der Waals surface area contributed by atoms with E-state index in [1.54, 1.807) is 6.07 Å². The van der Waals surface area contributed by atoms with Crippen LogP contribution in [0.4, 0.5) is 0 Å². The van der Waals surface area contributed by atoms with Crippen LogP contribution in [0.2, 0.25) is 0 Å². The zero-order chi connectivity index (χ0) is 11.7. The highest BCUT2D eigenvalue weighted by atomic mass is 16.3. The van der Waals surface area contributed by atoms with Crippen molar-refractivity contribution in [1.29, 1.82) is 0 Å². The molecule has 1 heterocycles. The maximum atomic E-state index is 9.78. The van der Waals surface area contributed by atoms with Gasteiger partial charge in [-0.15, -0.1) is 0 Å². The molecule has 3 nitrogen and oxygen atoms in total. The fraction of sp³-hybridized carbons (Fsp3) is 0.357. The number of H-pyrrole nitrogens is 1. The minimum absolute atomic E-state index is 0.289. The summed E-state index contributed by atoms with van der Waals surface area (Å²) in [6.07, 6.45) is 5.13. The molecule has 2 aromatic rings. The molecule has 1 fully saturated rings. The first-order chi connectivity index (χ1) is 8.34. The monoisotopic (exact) mass is 228 g/mol. The van der Waals surface area contributed by atoms with Gasteiger partial charge in [-0.3, -0.25) is 5.10 Å². The molecule has 1 aliphatic carbocycles. The maximum absolute atomic E-state index is 9.78. The Morgan fingerprint density at radius 1 is 1.18 bits per heavy atom. The Kier molecular flexibility index (Phi) is 2.59. The summed E-state index contributed by atoms with van der Waals surface area (Å²) in [5, 5.41) is 17.2. The van der Waals surface area contributed by atoms with Gasteiger partial charge in [0.2, 0.25) is 0 Å². The van der Waals surface area contributed by atoms with Gasteiger partial charge in [-0.25, -0.2) is 0 Å². The average molecular weight is 228 g/mol. The Hall–Kier alpha value is -1.77. The van der Waals surface area contributed by atoms with Gasteiger partial charge in [0.1, 0.15) is 5.75 Å². The highest BCUT2D eigenvalue weighted by Gasteiger charge is 2.19. The summed E-state index contributed by atoms with van der Waals surface area (Å²) in [6, 6.07) is 9.40. The van der Waals surface area contributed by atoms with Gasteiger partial charge in [0.05, 0.1) is 5.69 Å². The summed E-state index contributed by atoms with van der Waals surface area (Å²) in [7, 11) is 0. The molecule has 1 aromatic carbocycles. The van der Waals surface area contributed by atoms with E-state index in [-0.39, 0.29) is 5.75 Å². The average Bonchev–Trinajstić information content (AvgIpc) is 3.00. The van der Waals surface area contributed by atoms with Crippen LogP contribution < -0.4 is 0 Å². The van der Waals surface area contributed by atoms with Crippen molar-refractivity contribution in [3.05, 3.63) is 36.0 Å². The summed E-state index contributed by atoms with van der Waals surface area (Å²) in [5.74, 6) is 0.916. The molecule has 0 spiro atoms. The number of benzene rings is 1. The van der Waals surface area contributed by atoms with Crippen molar-refractivity contribution in [3.63, 3.8) is 0 Å². The van der Waals surface area contributed by atoms with Gasteiger partial charge in [0.15, 0.2) is 0 Å². The molecule has 17 heavy (non-hydrogen) atoms. The Morgan fingerprint density at radius 2 is 1.94 bits per heavy atom. The highest BCUT2D eigenvalue weighted by Crippen LogP contribution is 2.35. The van der Waals surface area contributed by atoms with Crippen LogP contribution in [0.3, 0.4) is 0 Å². The van der Waals surface area contributed by atoms with Crippen LogP contribution in [0.1, 0.15) is 37.3 Å². The summed E-state index contributed by atoms with van der Waals surface area (Å²) < 4.78 is 0. The fourth-order valence-electron chi connectivity index (χ4n) is 2.61. The first-order valence-electron chi connectivity index (χ1n) is 6.18. The summed E-state index contributed by atoms with van der Waals surface area (Å²) in [6.45, 7) is 0. The van der Waals surface area contributed by atoms with Crippen molar-refractivity contribution in [3.8, 4) is 17.0 Å².